The lowest BCUT2D eigenvalue weighted by atomic mass is 9.77. The molecule has 3 N–H and O–H groups in total. The van der Waals surface area contributed by atoms with Crippen LogP contribution in [-0.4, -0.2) is 50.0 Å². The number of nitrogens with one attached hydrogen (secondary N) is 1. The monoisotopic (exact) mass is 435 g/mol. The highest BCUT2D eigenvalue weighted by Crippen LogP contribution is 2.33. The SMILES string of the molecule is CCS(=O)(=O)c1ccccc1NC(=O)C1CCC([C@H](N)C(=O)N(C)C2CCC2)CC1. The van der Waals surface area contributed by atoms with Gasteiger partial charge in [-0.25, -0.2) is 8.42 Å². The molecule has 30 heavy (non-hydrogen) atoms. The molecule has 2 saturated carbocycles. The number of carbonyl (C=O) groups excluding carboxylic acids is 2. The van der Waals surface area contributed by atoms with Crippen molar-refractivity contribution in [3.05, 3.63) is 24.3 Å². The molecule has 0 saturated heterocycles. The molecule has 8 heteroatoms. The number of hydrogen-bond donors (Lipinski definition) is 2. The van der Waals surface area contributed by atoms with Crippen molar-refractivity contribution in [3.63, 3.8) is 0 Å². The average Bonchev–Trinajstić information content (AvgIpc) is 2.71. The molecule has 0 bridgehead atoms. The maximum absolute atomic E-state index is 12.8. The third kappa shape index (κ3) is 4.86. The number of anilines is 1. The van der Waals surface area contributed by atoms with Gasteiger partial charge in [-0.15, -0.1) is 0 Å². The van der Waals surface area contributed by atoms with Gasteiger partial charge in [-0.1, -0.05) is 19.1 Å². The Morgan fingerprint density at radius 1 is 1.13 bits per heavy atom. The predicted octanol–water partition coefficient (Wildman–Crippen LogP) is 2.56. The topological polar surface area (TPSA) is 110 Å². The van der Waals surface area contributed by atoms with Crippen LogP contribution in [0.15, 0.2) is 29.2 Å². The molecule has 0 unspecified atom stereocenters. The molecular weight excluding hydrogens is 402 g/mol. The Morgan fingerprint density at radius 3 is 2.33 bits per heavy atom. The fraction of sp³-hybridized carbons (Fsp3) is 0.636. The van der Waals surface area contributed by atoms with Gasteiger partial charge in [0.05, 0.1) is 22.4 Å². The van der Waals surface area contributed by atoms with Crippen LogP contribution in [0, 0.1) is 11.8 Å². The Bertz CT molecular complexity index is 874. The van der Waals surface area contributed by atoms with Crippen LogP contribution in [0.25, 0.3) is 0 Å². The number of nitrogens with two attached hydrogens (primary N) is 1. The molecule has 0 radical (unpaired) electrons. The van der Waals surface area contributed by atoms with Crippen molar-refractivity contribution in [2.45, 2.75) is 68.8 Å². The molecule has 3 rings (SSSR count). The first kappa shape index (κ1) is 22.7. The summed E-state index contributed by atoms with van der Waals surface area (Å²) >= 11 is 0. The summed E-state index contributed by atoms with van der Waals surface area (Å²) in [5, 5.41) is 2.81. The average molecular weight is 436 g/mol. The van der Waals surface area contributed by atoms with Crippen molar-refractivity contribution < 1.29 is 18.0 Å². The second-order valence-electron chi connectivity index (χ2n) is 8.56. The molecule has 1 aromatic carbocycles. The standard InChI is InChI=1S/C22H33N3O4S/c1-3-30(28,29)19-10-5-4-9-18(19)24-21(26)16-13-11-15(12-14-16)20(23)22(27)25(2)17-7-6-8-17/h4-5,9-10,15-17,20H,3,6-8,11-14,23H2,1-2H3,(H,24,26)/t15?,16?,20-/m0/s1. The van der Waals surface area contributed by atoms with Crippen LogP contribution >= 0.6 is 0 Å². The Morgan fingerprint density at radius 2 is 1.77 bits per heavy atom. The molecule has 0 heterocycles. The third-order valence-corrected chi connectivity index (χ3v) is 8.55. The van der Waals surface area contributed by atoms with E-state index in [1.54, 1.807) is 30.0 Å². The molecule has 7 nitrogen and oxygen atoms in total. The lowest BCUT2D eigenvalue weighted by Gasteiger charge is -2.38. The van der Waals surface area contributed by atoms with Crippen LogP contribution in [0.2, 0.25) is 0 Å². The molecule has 2 aliphatic carbocycles. The molecule has 1 atom stereocenters. The van der Waals surface area contributed by atoms with E-state index >= 15 is 0 Å². The van der Waals surface area contributed by atoms with Gasteiger partial charge in [0.15, 0.2) is 9.84 Å². The Kier molecular flexibility index (Phi) is 7.18. The predicted molar refractivity (Wildman–Crippen MR) is 117 cm³/mol. The first-order chi connectivity index (χ1) is 14.2. The van der Waals surface area contributed by atoms with Crippen molar-refractivity contribution >= 4 is 27.3 Å². The Hall–Kier alpha value is -1.93. The molecule has 2 fully saturated rings. The highest BCUT2D eigenvalue weighted by molar-refractivity contribution is 7.91. The Balaban J connectivity index is 1.57. The van der Waals surface area contributed by atoms with Crippen molar-refractivity contribution in [3.8, 4) is 0 Å². The molecular formula is C22H33N3O4S. The normalized spacial score (nSPS) is 23.3. The number of nitrogens with zero attached hydrogens (tertiary/aromatic N) is 1. The van der Waals surface area contributed by atoms with E-state index in [0.717, 1.165) is 25.7 Å². The van der Waals surface area contributed by atoms with Gasteiger partial charge in [0.2, 0.25) is 11.8 Å². The van der Waals surface area contributed by atoms with Gasteiger partial charge < -0.3 is 16.0 Å². The third-order valence-electron chi connectivity index (χ3n) is 6.77. The quantitative estimate of drug-likeness (QED) is 0.684. The van der Waals surface area contributed by atoms with Crippen LogP contribution in [0.3, 0.4) is 0 Å². The summed E-state index contributed by atoms with van der Waals surface area (Å²) in [5.74, 6) is -0.307. The maximum Gasteiger partial charge on any atom is 0.239 e. The fourth-order valence-corrected chi connectivity index (χ4v) is 5.41. The van der Waals surface area contributed by atoms with Crippen LogP contribution in [0.4, 0.5) is 5.69 Å². The van der Waals surface area contributed by atoms with Crippen molar-refractivity contribution in [2.24, 2.45) is 17.6 Å². The van der Waals surface area contributed by atoms with Crippen molar-refractivity contribution in [1.82, 2.24) is 4.90 Å². The zero-order chi connectivity index (χ0) is 21.9. The first-order valence-corrected chi connectivity index (χ1v) is 12.5. The number of rotatable bonds is 7. The minimum absolute atomic E-state index is 0.00583. The van der Waals surface area contributed by atoms with E-state index in [2.05, 4.69) is 5.32 Å². The smallest absolute Gasteiger partial charge is 0.239 e. The van der Waals surface area contributed by atoms with Gasteiger partial charge in [0, 0.05) is 19.0 Å². The number of likely N-dealkylation sites (N-methyl/N-ethyl adjacent to an activating group) is 1. The number of benzene rings is 1. The van der Waals surface area contributed by atoms with Gasteiger partial charge in [-0.3, -0.25) is 9.59 Å². The van der Waals surface area contributed by atoms with Crippen LogP contribution in [-0.2, 0) is 19.4 Å². The van der Waals surface area contributed by atoms with E-state index < -0.39 is 15.9 Å². The van der Waals surface area contributed by atoms with E-state index in [1.807, 2.05) is 7.05 Å². The second-order valence-corrected chi connectivity index (χ2v) is 10.8. The van der Waals surface area contributed by atoms with Crippen molar-refractivity contribution in [1.29, 1.82) is 0 Å². The number of hydrogen-bond acceptors (Lipinski definition) is 5. The zero-order valence-corrected chi connectivity index (χ0v) is 18.7. The van der Waals surface area contributed by atoms with Crippen molar-refractivity contribution in [2.75, 3.05) is 18.1 Å². The fourth-order valence-electron chi connectivity index (χ4n) is 4.36. The number of para-hydroxylation sites is 1. The van der Waals surface area contributed by atoms with E-state index in [-0.39, 0.29) is 34.3 Å². The lowest BCUT2D eigenvalue weighted by molar-refractivity contribution is -0.136. The highest BCUT2D eigenvalue weighted by Gasteiger charge is 2.36. The summed E-state index contributed by atoms with van der Waals surface area (Å²) < 4.78 is 24.6. The Labute approximate surface area is 179 Å². The first-order valence-electron chi connectivity index (χ1n) is 10.9. The molecule has 0 spiro atoms. The summed E-state index contributed by atoms with van der Waals surface area (Å²) in [4.78, 5) is 27.4. The number of amides is 2. The van der Waals surface area contributed by atoms with Gasteiger partial charge in [0.25, 0.3) is 0 Å². The molecule has 2 aliphatic rings. The minimum atomic E-state index is -3.42. The summed E-state index contributed by atoms with van der Waals surface area (Å²) in [5.41, 5.74) is 6.61. The van der Waals surface area contributed by atoms with Gasteiger partial charge in [-0.05, 0) is 63.0 Å². The zero-order valence-electron chi connectivity index (χ0n) is 17.8. The van der Waals surface area contributed by atoms with Crippen LogP contribution in [0.1, 0.15) is 51.9 Å². The summed E-state index contributed by atoms with van der Waals surface area (Å²) in [6.07, 6.45) is 6.01. The molecule has 166 valence electrons. The maximum atomic E-state index is 12.8. The van der Waals surface area contributed by atoms with Crippen LogP contribution in [0.5, 0.6) is 0 Å². The van der Waals surface area contributed by atoms with E-state index in [9.17, 15) is 18.0 Å². The molecule has 1 aromatic rings. The summed E-state index contributed by atoms with van der Waals surface area (Å²) in [6.45, 7) is 1.59. The second kappa shape index (κ2) is 9.47. The molecule has 0 aromatic heterocycles. The lowest BCUT2D eigenvalue weighted by Crippen LogP contribution is -2.52. The largest absolute Gasteiger partial charge is 0.341 e. The van der Waals surface area contributed by atoms with Gasteiger partial charge >= 0.3 is 0 Å². The summed E-state index contributed by atoms with van der Waals surface area (Å²) in [6, 6.07) is 6.32. The number of carbonyl (C=O) groups is 2. The number of sulfone groups is 1. The minimum Gasteiger partial charge on any atom is -0.341 e. The highest BCUT2D eigenvalue weighted by atomic mass is 32.2. The van der Waals surface area contributed by atoms with E-state index in [1.165, 1.54) is 12.5 Å². The van der Waals surface area contributed by atoms with E-state index in [4.69, 9.17) is 5.73 Å². The van der Waals surface area contributed by atoms with Crippen LogP contribution < -0.4 is 11.1 Å². The van der Waals surface area contributed by atoms with Gasteiger partial charge in [0.1, 0.15) is 0 Å². The van der Waals surface area contributed by atoms with E-state index in [0.29, 0.717) is 24.6 Å². The molecule has 0 aliphatic heterocycles. The summed E-state index contributed by atoms with van der Waals surface area (Å²) in [7, 11) is -1.58. The van der Waals surface area contributed by atoms with Gasteiger partial charge in [-0.2, -0.15) is 0 Å². The molecule has 2 amide bonds.